The number of rotatable bonds is 3. The molecular weight excluding hydrogens is 221 g/mol. The van der Waals surface area contributed by atoms with E-state index in [0.29, 0.717) is 6.61 Å². The van der Waals surface area contributed by atoms with E-state index in [-0.39, 0.29) is 17.6 Å². The number of methoxy groups -OCH3 is 1. The van der Waals surface area contributed by atoms with Crippen LogP contribution in [0.4, 0.5) is 4.39 Å². The molecule has 1 aromatic carbocycles. The Kier molecular flexibility index (Phi) is 3.64. The Morgan fingerprint density at radius 3 is 2.94 bits per heavy atom. The molecule has 2 N–H and O–H groups in total. The van der Waals surface area contributed by atoms with Crippen molar-refractivity contribution < 1.29 is 13.9 Å². The van der Waals surface area contributed by atoms with E-state index in [0.717, 1.165) is 24.2 Å². The summed E-state index contributed by atoms with van der Waals surface area (Å²) in [6.45, 7) is 0.692. The van der Waals surface area contributed by atoms with Crippen LogP contribution in [0.5, 0.6) is 5.75 Å². The Balaban J connectivity index is 2.24. The van der Waals surface area contributed by atoms with Crippen molar-refractivity contribution in [3.63, 3.8) is 0 Å². The van der Waals surface area contributed by atoms with Crippen molar-refractivity contribution in [1.82, 2.24) is 0 Å². The normalized spacial score (nSPS) is 17.0. The lowest BCUT2D eigenvalue weighted by Gasteiger charge is -2.21. The highest BCUT2D eigenvalue weighted by molar-refractivity contribution is 5.34. The molecule has 0 saturated heterocycles. The zero-order valence-corrected chi connectivity index (χ0v) is 9.78. The smallest absolute Gasteiger partial charge is 0.165 e. The number of hydrogen-bond donors (Lipinski definition) is 1. The molecular formula is C13H16FNO2. The first-order chi connectivity index (χ1) is 8.22. The van der Waals surface area contributed by atoms with E-state index in [4.69, 9.17) is 15.2 Å². The number of ether oxygens (including phenoxy) is 2. The van der Waals surface area contributed by atoms with Crippen LogP contribution >= 0.6 is 0 Å². The number of benzene rings is 1. The minimum Gasteiger partial charge on any atom is -0.496 e. The van der Waals surface area contributed by atoms with Crippen LogP contribution in [0.2, 0.25) is 0 Å². The van der Waals surface area contributed by atoms with Gasteiger partial charge < -0.3 is 15.2 Å². The predicted octanol–water partition coefficient (Wildman–Crippen LogP) is 2.53. The molecule has 1 aromatic rings. The van der Waals surface area contributed by atoms with Gasteiger partial charge in [0.25, 0.3) is 0 Å². The molecule has 0 radical (unpaired) electrons. The van der Waals surface area contributed by atoms with Gasteiger partial charge in [-0.3, -0.25) is 0 Å². The van der Waals surface area contributed by atoms with E-state index in [1.165, 1.54) is 13.2 Å². The molecule has 1 heterocycles. The molecule has 1 atom stereocenters. The predicted molar refractivity (Wildman–Crippen MR) is 63.1 cm³/mol. The van der Waals surface area contributed by atoms with E-state index >= 15 is 0 Å². The fourth-order valence-electron chi connectivity index (χ4n) is 1.83. The Morgan fingerprint density at radius 1 is 1.47 bits per heavy atom. The second kappa shape index (κ2) is 5.19. The lowest BCUT2D eigenvalue weighted by Crippen LogP contribution is -2.18. The molecule has 3 nitrogen and oxygen atoms in total. The van der Waals surface area contributed by atoms with E-state index in [1.54, 1.807) is 12.1 Å². The van der Waals surface area contributed by atoms with Gasteiger partial charge in [-0.05, 0) is 36.6 Å². The average molecular weight is 237 g/mol. The van der Waals surface area contributed by atoms with Crippen molar-refractivity contribution in [3.05, 3.63) is 41.4 Å². The third-order valence-electron chi connectivity index (χ3n) is 2.80. The number of hydrogen-bond acceptors (Lipinski definition) is 3. The van der Waals surface area contributed by atoms with Crippen LogP contribution in [0.1, 0.15) is 24.4 Å². The average Bonchev–Trinajstić information content (AvgIpc) is 2.39. The molecule has 0 fully saturated rings. The standard InChI is InChI=1S/C13H16FNO2/c1-16-12-8-9(5-6-10(12)14)13(15)11-4-2-3-7-17-11/h4-6,8,13H,2-3,7,15H2,1H3. The molecule has 0 aromatic heterocycles. The maximum absolute atomic E-state index is 13.3. The summed E-state index contributed by atoms with van der Waals surface area (Å²) in [4.78, 5) is 0. The van der Waals surface area contributed by atoms with Crippen LogP contribution in [-0.4, -0.2) is 13.7 Å². The highest BCUT2D eigenvalue weighted by Crippen LogP contribution is 2.27. The summed E-state index contributed by atoms with van der Waals surface area (Å²) in [5.41, 5.74) is 6.86. The minimum absolute atomic E-state index is 0.203. The topological polar surface area (TPSA) is 44.5 Å². The summed E-state index contributed by atoms with van der Waals surface area (Å²) in [6.07, 6.45) is 3.98. The van der Waals surface area contributed by atoms with Crippen LogP contribution in [0, 0.1) is 5.82 Å². The molecule has 0 spiro atoms. The van der Waals surface area contributed by atoms with Gasteiger partial charge in [-0.2, -0.15) is 0 Å². The SMILES string of the molecule is COc1cc(C(N)C2=CCCCO2)ccc1F. The summed E-state index contributed by atoms with van der Waals surface area (Å²) >= 11 is 0. The second-order valence-corrected chi connectivity index (χ2v) is 3.97. The maximum atomic E-state index is 13.3. The zero-order chi connectivity index (χ0) is 12.3. The molecule has 0 amide bonds. The maximum Gasteiger partial charge on any atom is 0.165 e. The van der Waals surface area contributed by atoms with E-state index < -0.39 is 0 Å². The lowest BCUT2D eigenvalue weighted by atomic mass is 10.0. The molecule has 92 valence electrons. The van der Waals surface area contributed by atoms with Crippen LogP contribution in [-0.2, 0) is 4.74 Å². The zero-order valence-electron chi connectivity index (χ0n) is 9.78. The van der Waals surface area contributed by atoms with Crippen LogP contribution in [0.15, 0.2) is 30.0 Å². The molecule has 1 aliphatic rings. The lowest BCUT2D eigenvalue weighted by molar-refractivity contribution is 0.176. The van der Waals surface area contributed by atoms with Gasteiger partial charge in [0, 0.05) is 0 Å². The largest absolute Gasteiger partial charge is 0.496 e. The summed E-state index contributed by atoms with van der Waals surface area (Å²) < 4.78 is 23.7. The van der Waals surface area contributed by atoms with Crippen molar-refractivity contribution in [3.8, 4) is 5.75 Å². The summed E-state index contributed by atoms with van der Waals surface area (Å²) in [5.74, 6) is 0.571. The molecule has 0 bridgehead atoms. The Morgan fingerprint density at radius 2 is 2.29 bits per heavy atom. The molecule has 0 aliphatic carbocycles. The summed E-state index contributed by atoms with van der Waals surface area (Å²) in [7, 11) is 1.43. The highest BCUT2D eigenvalue weighted by Gasteiger charge is 2.17. The van der Waals surface area contributed by atoms with Crippen LogP contribution in [0.25, 0.3) is 0 Å². The fourth-order valence-corrected chi connectivity index (χ4v) is 1.83. The number of nitrogens with two attached hydrogens (primary N) is 1. The fraction of sp³-hybridized carbons (Fsp3) is 0.385. The molecule has 0 saturated carbocycles. The second-order valence-electron chi connectivity index (χ2n) is 3.97. The van der Waals surface area contributed by atoms with Crippen LogP contribution in [0.3, 0.4) is 0 Å². The Labute approximate surface area is 100 Å². The molecule has 4 heteroatoms. The number of allylic oxidation sites excluding steroid dienone is 1. The first-order valence-electron chi connectivity index (χ1n) is 5.64. The van der Waals surface area contributed by atoms with Gasteiger partial charge in [-0.25, -0.2) is 4.39 Å². The van der Waals surface area contributed by atoms with Gasteiger partial charge in [0.1, 0.15) is 5.76 Å². The Bertz CT molecular complexity index is 431. The van der Waals surface area contributed by atoms with Gasteiger partial charge in [0.15, 0.2) is 11.6 Å². The highest BCUT2D eigenvalue weighted by atomic mass is 19.1. The molecule has 1 aliphatic heterocycles. The van der Waals surface area contributed by atoms with Crippen molar-refractivity contribution in [2.45, 2.75) is 18.9 Å². The van der Waals surface area contributed by atoms with Gasteiger partial charge in [0.2, 0.25) is 0 Å². The minimum atomic E-state index is -0.387. The van der Waals surface area contributed by atoms with Crippen molar-refractivity contribution >= 4 is 0 Å². The van der Waals surface area contributed by atoms with E-state index in [1.807, 2.05) is 6.08 Å². The monoisotopic (exact) mass is 237 g/mol. The summed E-state index contributed by atoms with van der Waals surface area (Å²) in [5, 5.41) is 0. The van der Waals surface area contributed by atoms with Gasteiger partial charge in [-0.15, -0.1) is 0 Å². The summed E-state index contributed by atoms with van der Waals surface area (Å²) in [6, 6.07) is 4.27. The molecule has 1 unspecified atom stereocenters. The Hall–Kier alpha value is -1.55. The quantitative estimate of drug-likeness (QED) is 0.878. The van der Waals surface area contributed by atoms with Gasteiger partial charge >= 0.3 is 0 Å². The van der Waals surface area contributed by atoms with Crippen molar-refractivity contribution in [1.29, 1.82) is 0 Å². The van der Waals surface area contributed by atoms with E-state index in [2.05, 4.69) is 0 Å². The molecule has 2 rings (SSSR count). The van der Waals surface area contributed by atoms with Crippen molar-refractivity contribution in [2.75, 3.05) is 13.7 Å². The third-order valence-corrected chi connectivity index (χ3v) is 2.80. The first kappa shape index (κ1) is 11.9. The third kappa shape index (κ3) is 2.58. The number of halogens is 1. The van der Waals surface area contributed by atoms with E-state index in [9.17, 15) is 4.39 Å². The molecule has 17 heavy (non-hydrogen) atoms. The van der Waals surface area contributed by atoms with Crippen molar-refractivity contribution in [2.24, 2.45) is 5.73 Å². The first-order valence-corrected chi connectivity index (χ1v) is 5.64. The van der Waals surface area contributed by atoms with Gasteiger partial charge in [-0.1, -0.05) is 6.07 Å². The van der Waals surface area contributed by atoms with Crippen LogP contribution < -0.4 is 10.5 Å². The van der Waals surface area contributed by atoms with Gasteiger partial charge in [0.05, 0.1) is 19.8 Å².